The standard InChI is InChI=1S/C15H26N4O/c1-12(2)19(4)10-6-5-8-18-15(20)13-11-17-9-7-14(13)16-3/h7,9,11-12H,5-6,8,10H2,1-4H3,(H,16,17)(H,18,20). The van der Waals surface area contributed by atoms with Gasteiger partial charge in [-0.3, -0.25) is 9.78 Å². The first-order chi connectivity index (χ1) is 9.56. The first-order valence-corrected chi connectivity index (χ1v) is 7.16. The second-order valence-electron chi connectivity index (χ2n) is 5.21. The first kappa shape index (κ1) is 16.4. The highest BCUT2D eigenvalue weighted by molar-refractivity contribution is 5.99. The largest absolute Gasteiger partial charge is 0.387 e. The van der Waals surface area contributed by atoms with E-state index in [1.54, 1.807) is 25.5 Å². The SMILES string of the molecule is CNc1ccncc1C(=O)NCCCCN(C)C(C)C. The Hall–Kier alpha value is -1.62. The van der Waals surface area contributed by atoms with Crippen LogP contribution in [0.15, 0.2) is 18.5 Å². The van der Waals surface area contributed by atoms with Gasteiger partial charge in [0.15, 0.2) is 0 Å². The van der Waals surface area contributed by atoms with Gasteiger partial charge in [-0.05, 0) is 46.3 Å². The molecule has 2 N–H and O–H groups in total. The maximum Gasteiger partial charge on any atom is 0.254 e. The highest BCUT2D eigenvalue weighted by atomic mass is 16.1. The number of rotatable bonds is 8. The molecule has 0 fully saturated rings. The Balaban J connectivity index is 2.30. The average molecular weight is 278 g/mol. The van der Waals surface area contributed by atoms with Crippen molar-refractivity contribution in [1.82, 2.24) is 15.2 Å². The monoisotopic (exact) mass is 278 g/mol. The second-order valence-corrected chi connectivity index (χ2v) is 5.21. The molecule has 1 rings (SSSR count). The van der Waals surface area contributed by atoms with Crippen molar-refractivity contribution in [2.24, 2.45) is 0 Å². The molecular formula is C15H26N4O. The van der Waals surface area contributed by atoms with Crippen molar-refractivity contribution >= 4 is 11.6 Å². The van der Waals surface area contributed by atoms with Gasteiger partial charge in [0, 0.05) is 37.7 Å². The van der Waals surface area contributed by atoms with Crippen molar-refractivity contribution in [3.63, 3.8) is 0 Å². The summed E-state index contributed by atoms with van der Waals surface area (Å²) in [6, 6.07) is 2.37. The summed E-state index contributed by atoms with van der Waals surface area (Å²) < 4.78 is 0. The lowest BCUT2D eigenvalue weighted by atomic mass is 10.2. The quantitative estimate of drug-likeness (QED) is 0.714. The number of carbonyl (C=O) groups excluding carboxylic acids is 1. The van der Waals surface area contributed by atoms with E-state index in [9.17, 15) is 4.79 Å². The van der Waals surface area contributed by atoms with E-state index in [4.69, 9.17) is 0 Å². The minimum absolute atomic E-state index is 0.0698. The Kier molecular flexibility index (Phi) is 7.01. The lowest BCUT2D eigenvalue weighted by Gasteiger charge is -2.20. The van der Waals surface area contributed by atoms with Crippen LogP contribution < -0.4 is 10.6 Å². The maximum atomic E-state index is 12.0. The van der Waals surface area contributed by atoms with Crippen LogP contribution in [0, 0.1) is 0 Å². The molecule has 112 valence electrons. The predicted octanol–water partition coefficient (Wildman–Crippen LogP) is 1.97. The van der Waals surface area contributed by atoms with E-state index >= 15 is 0 Å². The summed E-state index contributed by atoms with van der Waals surface area (Å²) in [6.07, 6.45) is 5.33. The fourth-order valence-electron chi connectivity index (χ4n) is 1.83. The Morgan fingerprint density at radius 2 is 2.15 bits per heavy atom. The molecule has 0 saturated carbocycles. The minimum atomic E-state index is -0.0698. The van der Waals surface area contributed by atoms with Crippen molar-refractivity contribution in [1.29, 1.82) is 0 Å². The third-order valence-corrected chi connectivity index (χ3v) is 3.44. The minimum Gasteiger partial charge on any atom is -0.387 e. The van der Waals surface area contributed by atoms with Gasteiger partial charge in [-0.2, -0.15) is 0 Å². The van der Waals surface area contributed by atoms with Crippen LogP contribution in [0.5, 0.6) is 0 Å². The number of anilines is 1. The summed E-state index contributed by atoms with van der Waals surface area (Å²) in [5.41, 5.74) is 1.39. The number of nitrogens with one attached hydrogen (secondary N) is 2. The van der Waals surface area contributed by atoms with Gasteiger partial charge < -0.3 is 15.5 Å². The zero-order valence-electron chi connectivity index (χ0n) is 12.9. The molecule has 0 bridgehead atoms. The number of aromatic nitrogens is 1. The number of amides is 1. The van der Waals surface area contributed by atoms with Gasteiger partial charge in [0.2, 0.25) is 0 Å². The molecule has 0 aliphatic rings. The first-order valence-electron chi connectivity index (χ1n) is 7.16. The number of unbranched alkanes of at least 4 members (excludes halogenated alkanes) is 1. The molecule has 0 unspecified atom stereocenters. The topological polar surface area (TPSA) is 57.3 Å². The highest BCUT2D eigenvalue weighted by Crippen LogP contribution is 2.12. The fraction of sp³-hybridized carbons (Fsp3) is 0.600. The zero-order chi connectivity index (χ0) is 15.0. The van der Waals surface area contributed by atoms with Crippen molar-refractivity contribution < 1.29 is 4.79 Å². The van der Waals surface area contributed by atoms with Gasteiger partial charge in [-0.25, -0.2) is 0 Å². The molecule has 0 aliphatic carbocycles. The summed E-state index contributed by atoms with van der Waals surface area (Å²) >= 11 is 0. The molecule has 1 aromatic heterocycles. The van der Waals surface area contributed by atoms with Gasteiger partial charge in [-0.1, -0.05) is 0 Å². The van der Waals surface area contributed by atoms with Crippen molar-refractivity contribution in [3.8, 4) is 0 Å². The van der Waals surface area contributed by atoms with Crippen molar-refractivity contribution in [2.75, 3.05) is 32.5 Å². The summed E-state index contributed by atoms with van der Waals surface area (Å²) in [5, 5.41) is 5.94. The molecule has 0 atom stereocenters. The van der Waals surface area contributed by atoms with Crippen molar-refractivity contribution in [2.45, 2.75) is 32.7 Å². The lowest BCUT2D eigenvalue weighted by Crippen LogP contribution is -2.29. The third-order valence-electron chi connectivity index (χ3n) is 3.44. The third kappa shape index (κ3) is 5.17. The summed E-state index contributed by atoms with van der Waals surface area (Å²) in [5.74, 6) is -0.0698. The molecule has 0 aromatic carbocycles. The van der Waals surface area contributed by atoms with E-state index in [1.165, 1.54) is 0 Å². The van der Waals surface area contributed by atoms with E-state index < -0.39 is 0 Å². The summed E-state index contributed by atoms with van der Waals surface area (Å²) in [6.45, 7) is 6.12. The molecule has 1 heterocycles. The zero-order valence-corrected chi connectivity index (χ0v) is 12.9. The lowest BCUT2D eigenvalue weighted by molar-refractivity contribution is 0.0953. The molecule has 20 heavy (non-hydrogen) atoms. The molecular weight excluding hydrogens is 252 g/mol. The summed E-state index contributed by atoms with van der Waals surface area (Å²) in [4.78, 5) is 18.3. The number of pyridine rings is 1. The normalized spacial score (nSPS) is 10.9. The van der Waals surface area contributed by atoms with Crippen LogP contribution in [-0.4, -0.2) is 49.0 Å². The molecule has 1 aromatic rings. The Labute approximate surface area is 121 Å². The van der Waals surface area contributed by atoms with Crippen LogP contribution in [-0.2, 0) is 0 Å². The molecule has 5 heteroatoms. The van der Waals surface area contributed by atoms with Gasteiger partial charge in [0.25, 0.3) is 5.91 Å². The van der Waals surface area contributed by atoms with E-state index in [0.29, 0.717) is 18.2 Å². The van der Waals surface area contributed by atoms with Crippen LogP contribution >= 0.6 is 0 Å². The molecule has 0 saturated heterocycles. The van der Waals surface area contributed by atoms with Crippen LogP contribution in [0.4, 0.5) is 5.69 Å². The predicted molar refractivity (Wildman–Crippen MR) is 83.1 cm³/mol. The summed E-state index contributed by atoms with van der Waals surface area (Å²) in [7, 11) is 3.92. The van der Waals surface area contributed by atoms with Crippen LogP contribution in [0.2, 0.25) is 0 Å². The Morgan fingerprint density at radius 1 is 1.40 bits per heavy atom. The van der Waals surface area contributed by atoms with Gasteiger partial charge in [0.05, 0.1) is 5.56 Å². The fourth-order valence-corrected chi connectivity index (χ4v) is 1.83. The molecule has 5 nitrogen and oxygen atoms in total. The molecule has 0 spiro atoms. The maximum absolute atomic E-state index is 12.0. The van der Waals surface area contributed by atoms with Crippen molar-refractivity contribution in [3.05, 3.63) is 24.0 Å². The number of hydrogen-bond acceptors (Lipinski definition) is 4. The van der Waals surface area contributed by atoms with Gasteiger partial charge >= 0.3 is 0 Å². The van der Waals surface area contributed by atoms with Gasteiger partial charge in [-0.15, -0.1) is 0 Å². The smallest absolute Gasteiger partial charge is 0.254 e. The Morgan fingerprint density at radius 3 is 2.80 bits per heavy atom. The van der Waals surface area contributed by atoms with E-state index in [0.717, 1.165) is 25.1 Å². The highest BCUT2D eigenvalue weighted by Gasteiger charge is 2.09. The average Bonchev–Trinajstić information content (AvgIpc) is 2.46. The van der Waals surface area contributed by atoms with E-state index in [-0.39, 0.29) is 5.91 Å². The molecule has 0 aliphatic heterocycles. The van der Waals surface area contributed by atoms with Crippen LogP contribution in [0.3, 0.4) is 0 Å². The van der Waals surface area contributed by atoms with Gasteiger partial charge in [0.1, 0.15) is 0 Å². The Bertz CT molecular complexity index is 420. The second kappa shape index (κ2) is 8.53. The number of hydrogen-bond donors (Lipinski definition) is 2. The van der Waals surface area contributed by atoms with E-state index in [1.807, 2.05) is 0 Å². The van der Waals surface area contributed by atoms with Crippen LogP contribution in [0.25, 0.3) is 0 Å². The number of carbonyl (C=O) groups is 1. The number of nitrogens with zero attached hydrogens (tertiary/aromatic N) is 2. The molecule has 0 radical (unpaired) electrons. The van der Waals surface area contributed by atoms with E-state index in [2.05, 4.69) is 41.4 Å². The van der Waals surface area contributed by atoms with Crippen LogP contribution in [0.1, 0.15) is 37.0 Å². The molecule has 1 amide bonds.